The molecule has 1 rings (SSSR count). The minimum absolute atomic E-state index is 0.458. The number of rotatable bonds is 2. The molecule has 9 heavy (non-hydrogen) atoms. The number of halogens is 1. The summed E-state index contributed by atoms with van der Waals surface area (Å²) in [6, 6.07) is 8.63. The topological polar surface area (TPSA) is 21.3 Å². The lowest BCUT2D eigenvalue weighted by Crippen LogP contribution is -2.04. The molecule has 1 N–H and O–H groups in total. The summed E-state index contributed by atoms with van der Waals surface area (Å²) in [6.07, 6.45) is 0. The van der Waals surface area contributed by atoms with Crippen molar-refractivity contribution in [1.82, 2.24) is 5.70 Å². The highest BCUT2D eigenvalue weighted by molar-refractivity contribution is 5.20. The molecule has 0 fully saturated rings. The van der Waals surface area contributed by atoms with Gasteiger partial charge >= 0.3 is 0 Å². The van der Waals surface area contributed by atoms with E-state index in [1.807, 2.05) is 6.07 Å². The number of hydrogen-bond acceptors (Lipinski definition) is 2. The second kappa shape index (κ2) is 3.04. The fourth-order valence-electron chi connectivity index (χ4n) is 0.533. The van der Waals surface area contributed by atoms with Gasteiger partial charge in [0.05, 0.1) is 0 Å². The van der Waals surface area contributed by atoms with Crippen molar-refractivity contribution >= 4 is 0 Å². The van der Waals surface area contributed by atoms with Crippen LogP contribution < -0.4 is 10.5 Å². The van der Waals surface area contributed by atoms with Gasteiger partial charge in [0.2, 0.25) is 0 Å². The van der Waals surface area contributed by atoms with Crippen LogP contribution in [-0.4, -0.2) is 0 Å². The fraction of sp³-hybridized carbons (Fsp3) is 0. The first-order valence-corrected chi connectivity index (χ1v) is 2.51. The second-order valence-electron chi connectivity index (χ2n) is 1.49. The highest BCUT2D eigenvalue weighted by atomic mass is 19.2. The van der Waals surface area contributed by atoms with Gasteiger partial charge in [0.1, 0.15) is 0 Å². The number of benzene rings is 1. The van der Waals surface area contributed by atoms with E-state index < -0.39 is 0 Å². The molecule has 3 heteroatoms. The maximum atomic E-state index is 11.2. The number of hydrogen-bond donors (Lipinski definition) is 1. The molecule has 2 nitrogen and oxygen atoms in total. The predicted octanol–water partition coefficient (Wildman–Crippen LogP) is 1.45. The van der Waals surface area contributed by atoms with Gasteiger partial charge in [-0.3, -0.25) is 0 Å². The van der Waals surface area contributed by atoms with Crippen LogP contribution in [-0.2, 0) is 0 Å². The summed E-state index contributed by atoms with van der Waals surface area (Å²) in [5.74, 6) is 0.458. The van der Waals surface area contributed by atoms with Gasteiger partial charge in [0.15, 0.2) is 5.75 Å². The molecule has 0 heterocycles. The Morgan fingerprint density at radius 3 is 2.44 bits per heavy atom. The first-order chi connectivity index (χ1) is 4.43. The van der Waals surface area contributed by atoms with Gasteiger partial charge in [-0.25, -0.2) is 0 Å². The maximum absolute atomic E-state index is 11.2. The van der Waals surface area contributed by atoms with Gasteiger partial charge in [-0.2, -0.15) is 0 Å². The van der Waals surface area contributed by atoms with Crippen molar-refractivity contribution in [3.63, 3.8) is 0 Å². The zero-order chi connectivity index (χ0) is 6.53. The Kier molecular flexibility index (Phi) is 2.04. The number of nitrogens with one attached hydrogen (secondary N) is 1. The minimum Gasteiger partial charge on any atom is -0.379 e. The molecule has 0 amide bonds. The first kappa shape index (κ1) is 6.04. The minimum atomic E-state index is 0.458. The van der Waals surface area contributed by atoms with E-state index in [-0.39, 0.29) is 0 Å². The van der Waals surface area contributed by atoms with Gasteiger partial charge in [-0.1, -0.05) is 22.7 Å². The summed E-state index contributed by atoms with van der Waals surface area (Å²) in [7, 11) is 0. The molecule has 0 unspecified atom stereocenters. The van der Waals surface area contributed by atoms with Crippen LogP contribution in [0.4, 0.5) is 4.48 Å². The highest BCUT2D eigenvalue weighted by Gasteiger charge is 1.85. The van der Waals surface area contributed by atoms with E-state index >= 15 is 0 Å². The summed E-state index contributed by atoms with van der Waals surface area (Å²) in [4.78, 5) is 4.29. The SMILES string of the molecule is FNOc1ccccc1. The standard InChI is InChI=1S/C6H6FNO/c7-8-9-6-4-2-1-3-5-6/h1-5,8H. The van der Waals surface area contributed by atoms with Crippen molar-refractivity contribution in [2.24, 2.45) is 0 Å². The van der Waals surface area contributed by atoms with Gasteiger partial charge in [0, 0.05) is 5.70 Å². The second-order valence-corrected chi connectivity index (χ2v) is 1.49. The molecule has 0 saturated carbocycles. The average molecular weight is 127 g/mol. The van der Waals surface area contributed by atoms with Crippen LogP contribution in [0.15, 0.2) is 30.3 Å². The lowest BCUT2D eigenvalue weighted by molar-refractivity contribution is 0.0451. The molecule has 0 aromatic heterocycles. The molecule has 0 bridgehead atoms. The van der Waals surface area contributed by atoms with Crippen LogP contribution in [0.1, 0.15) is 0 Å². The fourth-order valence-corrected chi connectivity index (χ4v) is 0.533. The molecule has 1 aromatic rings. The van der Waals surface area contributed by atoms with Crippen LogP contribution in [0.25, 0.3) is 0 Å². The molecular weight excluding hydrogens is 121 g/mol. The number of para-hydroxylation sites is 1. The Bertz CT molecular complexity index is 166. The summed E-state index contributed by atoms with van der Waals surface area (Å²) in [5, 5.41) is 0. The largest absolute Gasteiger partial charge is 0.379 e. The summed E-state index contributed by atoms with van der Waals surface area (Å²) in [5.41, 5.74) is 1.08. The molecule has 0 radical (unpaired) electrons. The van der Waals surface area contributed by atoms with Crippen molar-refractivity contribution < 1.29 is 9.32 Å². The molecule has 0 saturated heterocycles. The smallest absolute Gasteiger partial charge is 0.150 e. The Balaban J connectivity index is 2.61. The molecule has 0 aliphatic rings. The third-order valence-electron chi connectivity index (χ3n) is 0.900. The van der Waals surface area contributed by atoms with Crippen molar-refractivity contribution in [1.29, 1.82) is 0 Å². The molecule has 0 spiro atoms. The van der Waals surface area contributed by atoms with Gasteiger partial charge < -0.3 is 4.84 Å². The van der Waals surface area contributed by atoms with Crippen LogP contribution >= 0.6 is 0 Å². The molecule has 0 atom stereocenters. The Morgan fingerprint density at radius 1 is 1.22 bits per heavy atom. The van der Waals surface area contributed by atoms with E-state index in [1.54, 1.807) is 24.3 Å². The van der Waals surface area contributed by atoms with E-state index in [0.717, 1.165) is 5.70 Å². The van der Waals surface area contributed by atoms with Crippen molar-refractivity contribution in [2.45, 2.75) is 0 Å². The van der Waals surface area contributed by atoms with Crippen molar-refractivity contribution in [3.8, 4) is 5.75 Å². The van der Waals surface area contributed by atoms with Crippen molar-refractivity contribution in [2.75, 3.05) is 0 Å². The van der Waals surface area contributed by atoms with E-state index in [4.69, 9.17) is 0 Å². The lowest BCUT2D eigenvalue weighted by atomic mass is 10.3. The molecular formula is C6H6FNO. The monoisotopic (exact) mass is 127 g/mol. The van der Waals surface area contributed by atoms with E-state index in [1.165, 1.54) is 0 Å². The molecule has 48 valence electrons. The van der Waals surface area contributed by atoms with E-state index in [2.05, 4.69) is 4.84 Å². The predicted molar refractivity (Wildman–Crippen MR) is 31.3 cm³/mol. The molecule has 1 aromatic carbocycles. The molecule has 0 aliphatic heterocycles. The third kappa shape index (κ3) is 1.70. The normalized spacial score (nSPS) is 9.00. The Hall–Kier alpha value is -1.09. The van der Waals surface area contributed by atoms with Crippen LogP contribution in [0.3, 0.4) is 0 Å². The van der Waals surface area contributed by atoms with E-state index in [9.17, 15) is 4.48 Å². The Labute approximate surface area is 52.1 Å². The van der Waals surface area contributed by atoms with Crippen molar-refractivity contribution in [3.05, 3.63) is 30.3 Å². The summed E-state index contributed by atoms with van der Waals surface area (Å²) < 4.78 is 11.2. The van der Waals surface area contributed by atoms with Gasteiger partial charge in [0.25, 0.3) is 0 Å². The Morgan fingerprint density at radius 2 is 1.89 bits per heavy atom. The lowest BCUT2D eigenvalue weighted by Gasteiger charge is -1.95. The first-order valence-electron chi connectivity index (χ1n) is 2.51. The van der Waals surface area contributed by atoms with Crippen LogP contribution in [0, 0.1) is 0 Å². The zero-order valence-electron chi connectivity index (χ0n) is 4.67. The molecule has 0 aliphatic carbocycles. The summed E-state index contributed by atoms with van der Waals surface area (Å²) >= 11 is 0. The van der Waals surface area contributed by atoms with Crippen LogP contribution in [0.5, 0.6) is 5.75 Å². The van der Waals surface area contributed by atoms with E-state index in [0.29, 0.717) is 5.75 Å². The van der Waals surface area contributed by atoms with Gasteiger partial charge in [-0.15, -0.1) is 0 Å². The quantitative estimate of drug-likeness (QED) is 0.479. The highest BCUT2D eigenvalue weighted by Crippen LogP contribution is 2.05. The van der Waals surface area contributed by atoms with Gasteiger partial charge in [-0.05, 0) is 12.1 Å². The van der Waals surface area contributed by atoms with Crippen LogP contribution in [0.2, 0.25) is 0 Å². The zero-order valence-corrected chi connectivity index (χ0v) is 4.67. The summed E-state index contributed by atoms with van der Waals surface area (Å²) in [6.45, 7) is 0. The third-order valence-corrected chi connectivity index (χ3v) is 0.900. The average Bonchev–Trinajstić information content (AvgIpc) is 1.91. The maximum Gasteiger partial charge on any atom is 0.150 e.